The fourth-order valence-electron chi connectivity index (χ4n) is 3.46. The van der Waals surface area contributed by atoms with E-state index < -0.39 is 6.36 Å². The highest BCUT2D eigenvalue weighted by Crippen LogP contribution is 2.44. The second-order valence-corrected chi connectivity index (χ2v) is 8.60. The summed E-state index contributed by atoms with van der Waals surface area (Å²) in [5, 5.41) is 3.20. The van der Waals surface area contributed by atoms with E-state index in [9.17, 15) is 13.2 Å². The Bertz CT molecular complexity index is 1410. The Morgan fingerprint density at radius 2 is 1.36 bits per heavy atom. The van der Waals surface area contributed by atoms with Crippen LogP contribution in [0, 0.1) is 14.1 Å². The van der Waals surface area contributed by atoms with Crippen molar-refractivity contribution in [3.63, 3.8) is 0 Å². The minimum Gasteiger partial charge on any atom is -0.455 e. The van der Waals surface area contributed by atoms with Crippen LogP contribution in [0.25, 0.3) is 43.9 Å². The van der Waals surface area contributed by atoms with E-state index >= 15 is 0 Å². The van der Waals surface area contributed by atoms with Gasteiger partial charge in [-0.15, -0.1) is 13.2 Å². The quantitative estimate of drug-likeness (QED) is 0.182. The summed E-state index contributed by atoms with van der Waals surface area (Å²) in [5.74, 6) is -0.283. The molecule has 0 atom stereocenters. The predicted octanol–water partition coefficient (Wildman–Crippen LogP) is 7.90. The molecule has 2 heterocycles. The number of aryl methyl sites for hydroxylation is 1. The number of alkyl halides is 3. The van der Waals surface area contributed by atoms with E-state index in [4.69, 9.17) is 8.83 Å². The van der Waals surface area contributed by atoms with Gasteiger partial charge in [0.15, 0.2) is 11.2 Å². The SMILES string of the molecule is Cc1ccc2oc3c(I)c4c(oc5ccc(OC(F)(F)F)cc54)c(I)c3c2c1. The van der Waals surface area contributed by atoms with E-state index in [1.165, 1.54) is 18.2 Å². The largest absolute Gasteiger partial charge is 0.573 e. The van der Waals surface area contributed by atoms with E-state index in [0.717, 1.165) is 34.4 Å². The fraction of sp³-hybridized carbons (Fsp3) is 0.100. The summed E-state index contributed by atoms with van der Waals surface area (Å²) in [7, 11) is 0. The van der Waals surface area contributed by atoms with Crippen molar-refractivity contribution in [2.45, 2.75) is 13.3 Å². The summed E-state index contributed by atoms with van der Waals surface area (Å²) < 4.78 is 55.7. The number of furan rings is 2. The molecule has 0 radical (unpaired) electrons. The van der Waals surface area contributed by atoms with Crippen molar-refractivity contribution in [2.24, 2.45) is 0 Å². The smallest absolute Gasteiger partial charge is 0.455 e. The molecule has 0 unspecified atom stereocenters. The van der Waals surface area contributed by atoms with Crippen LogP contribution in [0.1, 0.15) is 5.56 Å². The summed E-state index contributed by atoms with van der Waals surface area (Å²) in [4.78, 5) is 0. The van der Waals surface area contributed by atoms with E-state index in [1.54, 1.807) is 0 Å². The van der Waals surface area contributed by atoms with Gasteiger partial charge < -0.3 is 13.6 Å². The summed E-state index contributed by atoms with van der Waals surface area (Å²) in [6, 6.07) is 10.1. The molecule has 5 rings (SSSR count). The van der Waals surface area contributed by atoms with Crippen LogP contribution < -0.4 is 4.74 Å². The lowest BCUT2D eigenvalue weighted by molar-refractivity contribution is -0.274. The molecule has 0 bridgehead atoms. The predicted molar refractivity (Wildman–Crippen MR) is 118 cm³/mol. The Hall–Kier alpha value is -1.69. The lowest BCUT2D eigenvalue weighted by Crippen LogP contribution is -2.16. The zero-order valence-corrected chi connectivity index (χ0v) is 18.4. The van der Waals surface area contributed by atoms with E-state index in [0.29, 0.717) is 22.1 Å². The lowest BCUT2D eigenvalue weighted by Gasteiger charge is -2.08. The first-order chi connectivity index (χ1) is 13.2. The molecule has 3 nitrogen and oxygen atoms in total. The molecule has 0 amide bonds. The maximum atomic E-state index is 12.6. The number of fused-ring (bicyclic) bond motifs is 6. The van der Waals surface area contributed by atoms with E-state index in [2.05, 4.69) is 56.0 Å². The van der Waals surface area contributed by atoms with Gasteiger partial charge in [-0.05, 0) is 82.4 Å². The number of hydrogen-bond donors (Lipinski definition) is 0. The highest BCUT2D eigenvalue weighted by molar-refractivity contribution is 14.1. The molecule has 142 valence electrons. The average molecular weight is 608 g/mol. The summed E-state index contributed by atoms with van der Waals surface area (Å²) in [6.07, 6.45) is -4.75. The fourth-order valence-corrected chi connectivity index (χ4v) is 5.29. The molecule has 8 heteroatoms. The molecule has 0 aliphatic carbocycles. The van der Waals surface area contributed by atoms with Crippen LogP contribution in [0.15, 0.2) is 45.2 Å². The molecule has 2 aromatic heterocycles. The van der Waals surface area contributed by atoms with Crippen LogP contribution in [0.3, 0.4) is 0 Å². The first kappa shape index (κ1) is 18.3. The van der Waals surface area contributed by atoms with Gasteiger partial charge in [0.25, 0.3) is 0 Å². The van der Waals surface area contributed by atoms with Crippen LogP contribution in [-0.4, -0.2) is 6.36 Å². The Morgan fingerprint density at radius 3 is 1.93 bits per heavy atom. The van der Waals surface area contributed by atoms with E-state index in [1.807, 2.05) is 19.1 Å². The molecule has 0 aliphatic rings. The van der Waals surface area contributed by atoms with Crippen molar-refractivity contribution in [1.82, 2.24) is 0 Å². The van der Waals surface area contributed by atoms with Crippen molar-refractivity contribution in [1.29, 1.82) is 0 Å². The minimum atomic E-state index is -4.75. The topological polar surface area (TPSA) is 35.5 Å². The molecule has 0 spiro atoms. The van der Waals surface area contributed by atoms with Crippen molar-refractivity contribution >= 4 is 89.1 Å². The molecule has 28 heavy (non-hydrogen) atoms. The van der Waals surface area contributed by atoms with Gasteiger partial charge in [0.05, 0.1) is 7.14 Å². The Kier molecular flexibility index (Phi) is 4.03. The Morgan fingerprint density at radius 1 is 0.821 bits per heavy atom. The number of halogens is 5. The third-order valence-corrected chi connectivity index (χ3v) is 6.63. The standard InChI is InChI=1S/C20H9F3I2O3/c1-8-2-4-12-10(6-8)14-16(24)19-15(17(25)18(14)26-12)11-7-9(28-20(21,22)23)3-5-13(11)27-19/h2-7H,1H3. The molecule has 0 saturated carbocycles. The van der Waals surface area contributed by atoms with Crippen molar-refractivity contribution < 1.29 is 26.7 Å². The second-order valence-electron chi connectivity index (χ2n) is 6.45. The summed E-state index contributed by atoms with van der Waals surface area (Å²) in [6.45, 7) is 2.01. The highest BCUT2D eigenvalue weighted by Gasteiger charge is 2.31. The van der Waals surface area contributed by atoms with Crippen LogP contribution in [-0.2, 0) is 0 Å². The van der Waals surface area contributed by atoms with Crippen LogP contribution in [0.4, 0.5) is 13.2 Å². The van der Waals surface area contributed by atoms with E-state index in [-0.39, 0.29) is 5.75 Å². The third-order valence-electron chi connectivity index (χ3n) is 4.57. The number of benzene rings is 3. The first-order valence-electron chi connectivity index (χ1n) is 8.15. The van der Waals surface area contributed by atoms with Crippen LogP contribution in [0.5, 0.6) is 5.75 Å². The molecular formula is C20H9F3I2O3. The number of rotatable bonds is 1. The van der Waals surface area contributed by atoms with Gasteiger partial charge in [0.1, 0.15) is 16.9 Å². The van der Waals surface area contributed by atoms with Gasteiger partial charge in [-0.1, -0.05) is 11.6 Å². The van der Waals surface area contributed by atoms with Crippen LogP contribution >= 0.6 is 45.2 Å². The van der Waals surface area contributed by atoms with Gasteiger partial charge in [0.2, 0.25) is 0 Å². The molecule has 0 saturated heterocycles. The van der Waals surface area contributed by atoms with Crippen LogP contribution in [0.2, 0.25) is 0 Å². The maximum Gasteiger partial charge on any atom is 0.573 e. The Balaban J connectivity index is 1.90. The van der Waals surface area contributed by atoms with Gasteiger partial charge >= 0.3 is 6.36 Å². The molecule has 0 fully saturated rings. The van der Waals surface area contributed by atoms with Crippen molar-refractivity contribution in [3.05, 3.63) is 49.1 Å². The van der Waals surface area contributed by atoms with Crippen molar-refractivity contribution in [3.8, 4) is 5.75 Å². The molecule has 0 N–H and O–H groups in total. The normalized spacial score (nSPS) is 12.6. The van der Waals surface area contributed by atoms with Gasteiger partial charge in [-0.2, -0.15) is 0 Å². The second kappa shape index (κ2) is 6.15. The van der Waals surface area contributed by atoms with Crippen molar-refractivity contribution in [2.75, 3.05) is 0 Å². The molecule has 3 aromatic carbocycles. The number of ether oxygens (including phenoxy) is 1. The lowest BCUT2D eigenvalue weighted by atomic mass is 10.1. The van der Waals surface area contributed by atoms with Gasteiger partial charge in [-0.3, -0.25) is 0 Å². The Labute approximate surface area is 183 Å². The zero-order valence-electron chi connectivity index (χ0n) is 14.1. The molecule has 0 aliphatic heterocycles. The minimum absolute atomic E-state index is 0.283. The first-order valence-corrected chi connectivity index (χ1v) is 10.3. The highest BCUT2D eigenvalue weighted by atomic mass is 127. The zero-order chi connectivity index (χ0) is 19.8. The number of hydrogen-bond acceptors (Lipinski definition) is 3. The molecule has 5 aromatic rings. The maximum absolute atomic E-state index is 12.6. The molecular weight excluding hydrogens is 599 g/mol. The van der Waals surface area contributed by atoms with Gasteiger partial charge in [-0.25, -0.2) is 0 Å². The summed E-state index contributed by atoms with van der Waals surface area (Å²) >= 11 is 4.37. The summed E-state index contributed by atoms with van der Waals surface area (Å²) in [5.41, 5.74) is 3.69. The third kappa shape index (κ3) is 2.75. The van der Waals surface area contributed by atoms with Gasteiger partial charge in [0, 0.05) is 21.5 Å². The average Bonchev–Trinajstić information content (AvgIpc) is 3.17. The monoisotopic (exact) mass is 608 g/mol.